The van der Waals surface area contributed by atoms with E-state index in [9.17, 15) is 9.00 Å². The van der Waals surface area contributed by atoms with E-state index in [0.717, 1.165) is 41.2 Å². The number of unbranched alkanes of at least 4 members (excludes halogenated alkanes) is 1. The molecule has 25 heavy (non-hydrogen) atoms. The molecule has 1 unspecified atom stereocenters. The molecular formula is C19H20ClNO3S. The van der Waals surface area contributed by atoms with Crippen LogP contribution in [0.15, 0.2) is 47.4 Å². The zero-order valence-corrected chi connectivity index (χ0v) is 15.4. The third kappa shape index (κ3) is 5.06. The van der Waals surface area contributed by atoms with E-state index in [2.05, 4.69) is 5.32 Å². The summed E-state index contributed by atoms with van der Waals surface area (Å²) < 4.78 is 17.9. The van der Waals surface area contributed by atoms with E-state index < -0.39 is 10.8 Å². The maximum atomic E-state index is 12.2. The number of hydrogen-bond donors (Lipinski definition) is 1. The van der Waals surface area contributed by atoms with Crippen molar-refractivity contribution in [1.29, 1.82) is 0 Å². The molecule has 1 aliphatic rings. The van der Waals surface area contributed by atoms with Gasteiger partial charge in [-0.3, -0.25) is 9.00 Å². The molecule has 1 atom stereocenters. The van der Waals surface area contributed by atoms with Crippen LogP contribution in [0.5, 0.6) is 5.75 Å². The molecule has 0 fully saturated rings. The summed E-state index contributed by atoms with van der Waals surface area (Å²) in [5.74, 6) is 1.49. The van der Waals surface area contributed by atoms with Gasteiger partial charge in [-0.05, 0) is 67.3 Å². The van der Waals surface area contributed by atoms with Crippen LogP contribution in [0, 0.1) is 0 Å². The fourth-order valence-corrected chi connectivity index (χ4v) is 3.95. The van der Waals surface area contributed by atoms with E-state index in [1.165, 1.54) is 0 Å². The minimum Gasteiger partial charge on any atom is -0.494 e. The molecule has 0 spiro atoms. The highest BCUT2D eigenvalue weighted by Gasteiger charge is 2.14. The molecule has 0 saturated carbocycles. The van der Waals surface area contributed by atoms with Crippen LogP contribution in [-0.2, 0) is 22.0 Å². The van der Waals surface area contributed by atoms with Gasteiger partial charge in [-0.1, -0.05) is 11.6 Å². The lowest BCUT2D eigenvalue weighted by atomic mass is 10.0. The van der Waals surface area contributed by atoms with E-state index in [1.54, 1.807) is 24.3 Å². The first kappa shape index (κ1) is 18.0. The lowest BCUT2D eigenvalue weighted by molar-refractivity contribution is -0.116. The predicted molar refractivity (Wildman–Crippen MR) is 101 cm³/mol. The van der Waals surface area contributed by atoms with Crippen molar-refractivity contribution in [3.8, 4) is 5.75 Å². The molecular weight excluding hydrogens is 358 g/mol. The van der Waals surface area contributed by atoms with Crippen molar-refractivity contribution in [3.05, 3.63) is 53.1 Å². The molecule has 1 heterocycles. The summed E-state index contributed by atoms with van der Waals surface area (Å²) in [5, 5.41) is 3.51. The largest absolute Gasteiger partial charge is 0.494 e. The smallest absolute Gasteiger partial charge is 0.224 e. The first-order valence-corrected chi connectivity index (χ1v) is 10.0. The van der Waals surface area contributed by atoms with Gasteiger partial charge in [-0.2, -0.15) is 0 Å². The minimum absolute atomic E-state index is 0.0647. The highest BCUT2D eigenvalue weighted by Crippen LogP contribution is 2.26. The molecule has 2 aromatic carbocycles. The molecule has 1 amide bonds. The molecule has 0 radical (unpaired) electrons. The fourth-order valence-electron chi connectivity index (χ4n) is 2.68. The average molecular weight is 378 g/mol. The lowest BCUT2D eigenvalue weighted by Gasteiger charge is -2.17. The SMILES string of the molecule is O=C1CCc2cc(OCCCCS(=O)c3ccc(Cl)cc3)ccc2N1. The molecule has 1 N–H and O–H groups in total. The predicted octanol–water partition coefficient (Wildman–Crippen LogP) is 4.19. The second kappa shape index (κ2) is 8.50. The maximum absolute atomic E-state index is 12.2. The van der Waals surface area contributed by atoms with Crippen LogP contribution < -0.4 is 10.1 Å². The van der Waals surface area contributed by atoms with Crippen molar-refractivity contribution in [2.45, 2.75) is 30.6 Å². The van der Waals surface area contributed by atoms with Crippen molar-refractivity contribution in [3.63, 3.8) is 0 Å². The zero-order chi connectivity index (χ0) is 17.6. The number of carbonyl (C=O) groups excluding carboxylic acids is 1. The summed E-state index contributed by atoms with van der Waals surface area (Å²) >= 11 is 5.84. The average Bonchev–Trinajstić information content (AvgIpc) is 2.62. The number of carbonyl (C=O) groups is 1. The number of benzene rings is 2. The van der Waals surface area contributed by atoms with Crippen LogP contribution in [0.2, 0.25) is 5.02 Å². The van der Waals surface area contributed by atoms with Crippen molar-refractivity contribution in [2.75, 3.05) is 17.7 Å². The molecule has 0 saturated heterocycles. The molecule has 6 heteroatoms. The second-order valence-corrected chi connectivity index (χ2v) is 7.93. The van der Waals surface area contributed by atoms with Gasteiger partial charge in [-0.15, -0.1) is 0 Å². The maximum Gasteiger partial charge on any atom is 0.224 e. The number of anilines is 1. The van der Waals surface area contributed by atoms with Crippen LogP contribution >= 0.6 is 11.6 Å². The molecule has 132 valence electrons. The Hall–Kier alpha value is -1.85. The van der Waals surface area contributed by atoms with E-state index in [1.807, 2.05) is 18.2 Å². The minimum atomic E-state index is -0.999. The standard InChI is InChI=1S/C19H20ClNO3S/c20-15-4-7-17(8-5-15)25(23)12-2-1-11-24-16-6-9-18-14(13-16)3-10-19(22)21-18/h4-9,13H,1-3,10-12H2,(H,21,22). The summed E-state index contributed by atoms with van der Waals surface area (Å²) in [6, 6.07) is 12.9. The van der Waals surface area contributed by atoms with Crippen LogP contribution in [0.3, 0.4) is 0 Å². The molecule has 0 aromatic heterocycles. The van der Waals surface area contributed by atoms with Gasteiger partial charge in [0.25, 0.3) is 0 Å². The number of amides is 1. The van der Waals surface area contributed by atoms with Crippen LogP contribution in [0.1, 0.15) is 24.8 Å². The Labute approximate surface area is 155 Å². The summed E-state index contributed by atoms with van der Waals surface area (Å²) in [6.07, 6.45) is 2.94. The fraction of sp³-hybridized carbons (Fsp3) is 0.316. The summed E-state index contributed by atoms with van der Waals surface area (Å²) in [6.45, 7) is 0.586. The quantitative estimate of drug-likeness (QED) is 0.736. The first-order chi connectivity index (χ1) is 12.1. The van der Waals surface area contributed by atoms with Crippen molar-refractivity contribution < 1.29 is 13.7 Å². The number of hydrogen-bond acceptors (Lipinski definition) is 3. The Kier molecular flexibility index (Phi) is 6.10. The van der Waals surface area contributed by atoms with E-state index in [0.29, 0.717) is 23.8 Å². The van der Waals surface area contributed by atoms with Gasteiger partial charge in [-0.25, -0.2) is 0 Å². The van der Waals surface area contributed by atoms with Crippen LogP contribution in [0.25, 0.3) is 0 Å². The van der Waals surface area contributed by atoms with Crippen molar-refractivity contribution in [1.82, 2.24) is 0 Å². The zero-order valence-electron chi connectivity index (χ0n) is 13.8. The molecule has 4 nitrogen and oxygen atoms in total. The third-order valence-corrected chi connectivity index (χ3v) is 5.75. The number of rotatable bonds is 7. The topological polar surface area (TPSA) is 55.4 Å². The van der Waals surface area contributed by atoms with Crippen LogP contribution in [-0.4, -0.2) is 22.5 Å². The van der Waals surface area contributed by atoms with Gasteiger partial charge >= 0.3 is 0 Å². The van der Waals surface area contributed by atoms with E-state index in [4.69, 9.17) is 16.3 Å². The van der Waals surface area contributed by atoms with Gasteiger partial charge in [0.15, 0.2) is 0 Å². The molecule has 0 bridgehead atoms. The number of fused-ring (bicyclic) bond motifs is 1. The normalized spacial score (nSPS) is 14.5. The lowest BCUT2D eigenvalue weighted by Crippen LogP contribution is -2.18. The first-order valence-electron chi connectivity index (χ1n) is 8.31. The second-order valence-electron chi connectivity index (χ2n) is 5.93. The van der Waals surface area contributed by atoms with Gasteiger partial charge in [0.2, 0.25) is 5.91 Å². The van der Waals surface area contributed by atoms with Gasteiger partial charge in [0.1, 0.15) is 5.75 Å². The monoisotopic (exact) mass is 377 g/mol. The molecule has 2 aromatic rings. The van der Waals surface area contributed by atoms with Gasteiger partial charge < -0.3 is 10.1 Å². The van der Waals surface area contributed by atoms with E-state index >= 15 is 0 Å². The Balaban J connectivity index is 1.41. The summed E-state index contributed by atoms with van der Waals surface area (Å²) in [7, 11) is -0.999. The van der Waals surface area contributed by atoms with E-state index in [-0.39, 0.29) is 5.91 Å². The Morgan fingerprint density at radius 2 is 1.88 bits per heavy atom. The van der Waals surface area contributed by atoms with Crippen molar-refractivity contribution >= 4 is 34.0 Å². The Morgan fingerprint density at radius 1 is 1.08 bits per heavy atom. The third-order valence-electron chi connectivity index (χ3n) is 4.04. The summed E-state index contributed by atoms with van der Waals surface area (Å²) in [5.41, 5.74) is 1.99. The number of aryl methyl sites for hydroxylation is 1. The van der Waals surface area contributed by atoms with Crippen molar-refractivity contribution in [2.24, 2.45) is 0 Å². The number of halogens is 1. The highest BCUT2D eigenvalue weighted by atomic mass is 35.5. The molecule has 0 aliphatic carbocycles. The highest BCUT2D eigenvalue weighted by molar-refractivity contribution is 7.85. The Bertz CT molecular complexity index is 777. The summed E-state index contributed by atoms with van der Waals surface area (Å²) in [4.78, 5) is 12.2. The number of ether oxygens (including phenoxy) is 1. The van der Waals surface area contributed by atoms with Gasteiger partial charge in [0, 0.05) is 27.8 Å². The number of nitrogens with one attached hydrogen (secondary N) is 1. The van der Waals surface area contributed by atoms with Gasteiger partial charge in [0.05, 0.1) is 17.4 Å². The van der Waals surface area contributed by atoms with Crippen LogP contribution in [0.4, 0.5) is 5.69 Å². The Morgan fingerprint density at radius 3 is 2.68 bits per heavy atom. The molecule has 1 aliphatic heterocycles. The molecule has 3 rings (SSSR count).